The van der Waals surface area contributed by atoms with Gasteiger partial charge in [0.15, 0.2) is 11.5 Å². The molecule has 1 aromatic carbocycles. The van der Waals surface area contributed by atoms with Crippen LogP contribution in [0.25, 0.3) is 0 Å². The van der Waals surface area contributed by atoms with Gasteiger partial charge >= 0.3 is 0 Å². The van der Waals surface area contributed by atoms with Gasteiger partial charge in [-0.1, -0.05) is 6.07 Å². The Kier molecular flexibility index (Phi) is 4.07. The molecule has 2 N–H and O–H groups in total. The zero-order chi connectivity index (χ0) is 13.7. The number of amides is 1. The molecule has 100 valence electrons. The maximum atomic E-state index is 11.9. The molecule has 0 unspecified atom stereocenters. The predicted molar refractivity (Wildman–Crippen MR) is 71.4 cm³/mol. The first kappa shape index (κ1) is 13.0. The van der Waals surface area contributed by atoms with Crippen LogP contribution in [0.3, 0.4) is 0 Å². The van der Waals surface area contributed by atoms with Crippen molar-refractivity contribution in [1.29, 1.82) is 0 Å². The van der Waals surface area contributed by atoms with Gasteiger partial charge in [-0.25, -0.2) is 0 Å². The lowest BCUT2D eigenvalue weighted by molar-refractivity contribution is 0.0949. The Morgan fingerprint density at radius 3 is 2.74 bits per heavy atom. The molecule has 0 radical (unpaired) electrons. The van der Waals surface area contributed by atoms with Crippen LogP contribution in [0, 0.1) is 0 Å². The van der Waals surface area contributed by atoms with Crippen LogP contribution < -0.4 is 10.1 Å². The fraction of sp³-hybridized carbons (Fsp3) is 0.214. The maximum Gasteiger partial charge on any atom is 0.255 e. The molecule has 0 bridgehead atoms. The van der Waals surface area contributed by atoms with Crippen molar-refractivity contribution in [3.8, 4) is 11.5 Å². The molecule has 0 spiro atoms. The highest BCUT2D eigenvalue weighted by Gasteiger charge is 2.13. The summed E-state index contributed by atoms with van der Waals surface area (Å²) in [6.07, 6.45) is 3.85. The predicted octanol–water partition coefficient (Wildman–Crippen LogP) is 1.63. The lowest BCUT2D eigenvalue weighted by Gasteiger charge is -2.09. The number of para-hydroxylation sites is 1. The van der Waals surface area contributed by atoms with E-state index in [9.17, 15) is 9.90 Å². The van der Waals surface area contributed by atoms with Gasteiger partial charge in [0, 0.05) is 25.5 Å². The summed E-state index contributed by atoms with van der Waals surface area (Å²) >= 11 is 0. The van der Waals surface area contributed by atoms with E-state index in [0.29, 0.717) is 13.1 Å². The Morgan fingerprint density at radius 2 is 2.05 bits per heavy atom. The van der Waals surface area contributed by atoms with Crippen LogP contribution in [0.4, 0.5) is 0 Å². The lowest BCUT2D eigenvalue weighted by Crippen LogP contribution is -2.27. The van der Waals surface area contributed by atoms with Crippen molar-refractivity contribution in [2.75, 3.05) is 13.7 Å². The van der Waals surface area contributed by atoms with Crippen LogP contribution in [0.5, 0.6) is 11.5 Å². The average Bonchev–Trinajstić information content (AvgIpc) is 2.92. The quantitative estimate of drug-likeness (QED) is 0.859. The Balaban J connectivity index is 1.96. The van der Waals surface area contributed by atoms with E-state index in [0.717, 1.165) is 0 Å². The molecule has 0 aliphatic rings. The number of aromatic nitrogens is 1. The summed E-state index contributed by atoms with van der Waals surface area (Å²) in [5, 5.41) is 12.6. The average molecular weight is 260 g/mol. The summed E-state index contributed by atoms with van der Waals surface area (Å²) in [7, 11) is 1.45. The van der Waals surface area contributed by atoms with Gasteiger partial charge in [-0.3, -0.25) is 4.79 Å². The largest absolute Gasteiger partial charge is 0.504 e. The second kappa shape index (κ2) is 5.95. The van der Waals surface area contributed by atoms with Crippen molar-refractivity contribution in [3.05, 3.63) is 48.3 Å². The summed E-state index contributed by atoms with van der Waals surface area (Å²) in [5.41, 5.74) is 0.215. The molecule has 0 atom stereocenters. The van der Waals surface area contributed by atoms with Crippen LogP contribution in [-0.2, 0) is 6.54 Å². The topological polar surface area (TPSA) is 63.5 Å². The van der Waals surface area contributed by atoms with Crippen molar-refractivity contribution in [3.63, 3.8) is 0 Å². The van der Waals surface area contributed by atoms with Gasteiger partial charge in [-0.15, -0.1) is 0 Å². The van der Waals surface area contributed by atoms with Crippen molar-refractivity contribution >= 4 is 5.91 Å². The van der Waals surface area contributed by atoms with Crippen LogP contribution >= 0.6 is 0 Å². The van der Waals surface area contributed by atoms with Crippen molar-refractivity contribution in [2.24, 2.45) is 0 Å². The Morgan fingerprint density at radius 1 is 1.32 bits per heavy atom. The van der Waals surface area contributed by atoms with Gasteiger partial charge in [0.2, 0.25) is 0 Å². The second-order valence-corrected chi connectivity index (χ2v) is 4.03. The SMILES string of the molecule is COc1cccc(C(=O)NCCn2cccc2)c1O. The van der Waals surface area contributed by atoms with E-state index in [4.69, 9.17) is 4.74 Å². The van der Waals surface area contributed by atoms with Crippen molar-refractivity contribution < 1.29 is 14.6 Å². The van der Waals surface area contributed by atoms with Crippen LogP contribution in [0.15, 0.2) is 42.7 Å². The Hall–Kier alpha value is -2.43. The first-order valence-corrected chi connectivity index (χ1v) is 5.97. The van der Waals surface area contributed by atoms with Crippen LogP contribution in [0.2, 0.25) is 0 Å². The molecule has 2 rings (SSSR count). The minimum atomic E-state index is -0.316. The molecule has 5 heteroatoms. The van der Waals surface area contributed by atoms with Gasteiger partial charge in [-0.05, 0) is 24.3 Å². The molecule has 0 saturated heterocycles. The number of methoxy groups -OCH3 is 1. The molecule has 0 aliphatic heterocycles. The van der Waals surface area contributed by atoms with E-state index in [1.54, 1.807) is 18.2 Å². The number of rotatable bonds is 5. The Bertz CT molecular complexity index is 550. The summed E-state index contributed by atoms with van der Waals surface area (Å²) in [4.78, 5) is 11.9. The standard InChI is InChI=1S/C14H16N2O3/c1-19-12-6-4-5-11(13(12)17)14(18)15-7-10-16-8-2-3-9-16/h2-6,8-9,17H,7,10H2,1H3,(H,15,18). The number of ether oxygens (including phenoxy) is 1. The fourth-order valence-corrected chi connectivity index (χ4v) is 1.78. The molecule has 1 amide bonds. The molecule has 0 aliphatic carbocycles. The number of carbonyl (C=O) groups is 1. The number of nitrogens with zero attached hydrogens (tertiary/aromatic N) is 1. The van der Waals surface area contributed by atoms with E-state index in [-0.39, 0.29) is 23.0 Å². The van der Waals surface area contributed by atoms with E-state index < -0.39 is 0 Å². The van der Waals surface area contributed by atoms with Gasteiger partial charge in [-0.2, -0.15) is 0 Å². The number of hydrogen-bond donors (Lipinski definition) is 2. The zero-order valence-corrected chi connectivity index (χ0v) is 10.7. The van der Waals surface area contributed by atoms with E-state index >= 15 is 0 Å². The third-order valence-corrected chi connectivity index (χ3v) is 2.79. The maximum absolute atomic E-state index is 11.9. The number of carbonyl (C=O) groups excluding carboxylic acids is 1. The lowest BCUT2D eigenvalue weighted by atomic mass is 10.1. The third kappa shape index (κ3) is 3.07. The smallest absolute Gasteiger partial charge is 0.255 e. The number of benzene rings is 1. The normalized spacial score (nSPS) is 10.2. The molecule has 19 heavy (non-hydrogen) atoms. The molecule has 5 nitrogen and oxygen atoms in total. The van der Waals surface area contributed by atoms with E-state index in [1.165, 1.54) is 7.11 Å². The summed E-state index contributed by atoms with van der Waals surface area (Å²) in [5.74, 6) is -0.162. The number of nitrogens with one attached hydrogen (secondary N) is 1. The monoisotopic (exact) mass is 260 g/mol. The minimum absolute atomic E-state index is 0.136. The van der Waals surface area contributed by atoms with Crippen LogP contribution in [-0.4, -0.2) is 29.2 Å². The molecular formula is C14H16N2O3. The highest BCUT2D eigenvalue weighted by molar-refractivity contribution is 5.97. The number of phenols is 1. The Labute approximate surface area is 111 Å². The van der Waals surface area contributed by atoms with Gasteiger partial charge in [0.25, 0.3) is 5.91 Å². The zero-order valence-electron chi connectivity index (χ0n) is 10.7. The first-order chi connectivity index (χ1) is 9.22. The first-order valence-electron chi connectivity index (χ1n) is 5.97. The minimum Gasteiger partial charge on any atom is -0.504 e. The van der Waals surface area contributed by atoms with Gasteiger partial charge in [0.05, 0.1) is 12.7 Å². The second-order valence-electron chi connectivity index (χ2n) is 4.03. The van der Waals surface area contributed by atoms with Crippen LogP contribution in [0.1, 0.15) is 10.4 Å². The molecular weight excluding hydrogens is 244 g/mol. The van der Waals surface area contributed by atoms with E-state index in [2.05, 4.69) is 5.32 Å². The number of aromatic hydroxyl groups is 1. The fourth-order valence-electron chi connectivity index (χ4n) is 1.78. The molecule has 2 aromatic rings. The third-order valence-electron chi connectivity index (χ3n) is 2.79. The molecule has 1 aromatic heterocycles. The molecule has 0 saturated carbocycles. The van der Waals surface area contributed by atoms with Crippen molar-refractivity contribution in [1.82, 2.24) is 9.88 Å². The molecule has 0 fully saturated rings. The highest BCUT2D eigenvalue weighted by Crippen LogP contribution is 2.28. The number of hydrogen-bond acceptors (Lipinski definition) is 3. The number of phenolic OH excluding ortho intramolecular Hbond substituents is 1. The van der Waals surface area contributed by atoms with Gasteiger partial charge < -0.3 is 19.7 Å². The summed E-state index contributed by atoms with van der Waals surface area (Å²) in [6, 6.07) is 8.68. The van der Waals surface area contributed by atoms with Gasteiger partial charge in [0.1, 0.15) is 0 Å². The van der Waals surface area contributed by atoms with Crippen molar-refractivity contribution in [2.45, 2.75) is 6.54 Å². The van der Waals surface area contributed by atoms with E-state index in [1.807, 2.05) is 29.1 Å². The summed E-state index contributed by atoms with van der Waals surface area (Å²) < 4.78 is 6.93. The summed E-state index contributed by atoms with van der Waals surface area (Å²) in [6.45, 7) is 1.17. The molecule has 1 heterocycles. The highest BCUT2D eigenvalue weighted by atomic mass is 16.5.